The summed E-state index contributed by atoms with van der Waals surface area (Å²) in [6.45, 7) is 1.75. The van der Waals surface area contributed by atoms with Crippen LogP contribution in [0.5, 0.6) is 0 Å². The van der Waals surface area contributed by atoms with Crippen LogP contribution < -0.4 is 0 Å². The van der Waals surface area contributed by atoms with Gasteiger partial charge in [0.05, 0.1) is 0 Å². The molecule has 1 N–H and O–H groups in total. The molecule has 0 aliphatic heterocycles. The molecule has 0 heterocycles. The second kappa shape index (κ2) is 2.96. The lowest BCUT2D eigenvalue weighted by molar-refractivity contribution is -0.334. The normalized spacial score (nSPS) is 32.1. The highest BCUT2D eigenvalue weighted by Crippen LogP contribution is 2.14. The molecule has 0 aromatic rings. The Morgan fingerprint density at radius 3 is 2.90 bits per heavy atom. The van der Waals surface area contributed by atoms with Crippen LogP contribution >= 0.6 is 0 Å². The second-order valence-electron chi connectivity index (χ2n) is 2.30. The average molecular weight is 141 g/mol. The highest BCUT2D eigenvalue weighted by Gasteiger charge is 2.21. The van der Waals surface area contributed by atoms with Crippen LogP contribution in [-0.2, 0) is 10.1 Å². The SMILES string of the molecule is CC1=CC=C[C@H](O[O])[C@@H]1O. The molecule has 0 unspecified atom stereocenters. The van der Waals surface area contributed by atoms with E-state index in [9.17, 15) is 10.4 Å². The molecular formula is C7H9O3. The van der Waals surface area contributed by atoms with Gasteiger partial charge in [-0.15, -0.1) is 0 Å². The number of hydrogen-bond acceptors (Lipinski definition) is 2. The predicted octanol–water partition coefficient (Wildman–Crippen LogP) is 0.594. The first kappa shape index (κ1) is 7.47. The van der Waals surface area contributed by atoms with Crippen molar-refractivity contribution >= 4 is 0 Å². The van der Waals surface area contributed by atoms with Crippen molar-refractivity contribution in [1.82, 2.24) is 0 Å². The molecule has 1 rings (SSSR count). The van der Waals surface area contributed by atoms with E-state index in [1.54, 1.807) is 19.1 Å². The largest absolute Gasteiger partial charge is 0.386 e. The maximum atomic E-state index is 9.90. The zero-order valence-corrected chi connectivity index (χ0v) is 5.65. The second-order valence-corrected chi connectivity index (χ2v) is 2.30. The third-order valence-corrected chi connectivity index (χ3v) is 1.55. The van der Waals surface area contributed by atoms with Crippen molar-refractivity contribution in [2.24, 2.45) is 0 Å². The number of aliphatic hydroxyl groups excluding tert-OH is 1. The van der Waals surface area contributed by atoms with Crippen LogP contribution in [0.2, 0.25) is 0 Å². The van der Waals surface area contributed by atoms with Gasteiger partial charge in [0.25, 0.3) is 0 Å². The maximum absolute atomic E-state index is 9.90. The monoisotopic (exact) mass is 141 g/mol. The molecule has 0 spiro atoms. The molecule has 0 saturated heterocycles. The lowest BCUT2D eigenvalue weighted by atomic mass is 10.0. The van der Waals surface area contributed by atoms with Crippen molar-refractivity contribution in [3.63, 3.8) is 0 Å². The van der Waals surface area contributed by atoms with Gasteiger partial charge in [-0.05, 0) is 23.8 Å². The summed E-state index contributed by atoms with van der Waals surface area (Å²) in [6, 6.07) is 0. The first-order valence-corrected chi connectivity index (χ1v) is 3.07. The molecule has 2 atom stereocenters. The summed E-state index contributed by atoms with van der Waals surface area (Å²) in [6.07, 6.45) is 3.49. The molecule has 0 bridgehead atoms. The van der Waals surface area contributed by atoms with Gasteiger partial charge in [0.2, 0.25) is 0 Å². The first-order valence-electron chi connectivity index (χ1n) is 3.07. The van der Waals surface area contributed by atoms with Gasteiger partial charge in [0.15, 0.2) is 0 Å². The maximum Gasteiger partial charge on any atom is 0.144 e. The molecule has 0 saturated carbocycles. The fourth-order valence-electron chi connectivity index (χ4n) is 0.864. The lowest BCUT2D eigenvalue weighted by Gasteiger charge is -2.18. The van der Waals surface area contributed by atoms with Gasteiger partial charge < -0.3 is 5.11 Å². The van der Waals surface area contributed by atoms with Crippen molar-refractivity contribution in [2.75, 3.05) is 0 Å². The minimum atomic E-state index is -0.775. The van der Waals surface area contributed by atoms with Crippen molar-refractivity contribution in [2.45, 2.75) is 19.1 Å². The fraction of sp³-hybridized carbons (Fsp3) is 0.429. The van der Waals surface area contributed by atoms with E-state index in [1.165, 1.54) is 6.08 Å². The third-order valence-electron chi connectivity index (χ3n) is 1.55. The summed E-state index contributed by atoms with van der Waals surface area (Å²) in [5.74, 6) is 0. The molecule has 0 aromatic heterocycles. The van der Waals surface area contributed by atoms with Crippen LogP contribution in [0.3, 0.4) is 0 Å². The van der Waals surface area contributed by atoms with E-state index < -0.39 is 12.2 Å². The van der Waals surface area contributed by atoms with E-state index in [4.69, 9.17) is 0 Å². The Morgan fingerprint density at radius 2 is 2.40 bits per heavy atom. The van der Waals surface area contributed by atoms with Crippen LogP contribution in [0.25, 0.3) is 0 Å². The standard InChI is InChI=1S/C7H9O3/c1-5-3-2-4-6(10-9)7(5)8/h2-4,6-8H,1H3/t6-,7+/m0/s1. The Balaban J connectivity index is 2.68. The highest BCUT2D eigenvalue weighted by molar-refractivity contribution is 5.23. The van der Waals surface area contributed by atoms with Crippen molar-refractivity contribution in [3.05, 3.63) is 23.8 Å². The minimum Gasteiger partial charge on any atom is -0.386 e. The number of hydrogen-bond donors (Lipinski definition) is 1. The van der Waals surface area contributed by atoms with E-state index in [2.05, 4.69) is 4.89 Å². The Bertz CT molecular complexity index is 172. The summed E-state index contributed by atoms with van der Waals surface area (Å²) in [5, 5.41) is 19.1. The van der Waals surface area contributed by atoms with Crippen molar-refractivity contribution in [1.29, 1.82) is 0 Å². The van der Waals surface area contributed by atoms with E-state index >= 15 is 0 Å². The lowest BCUT2D eigenvalue weighted by Crippen LogP contribution is -2.28. The molecule has 0 aromatic carbocycles. The molecule has 0 fully saturated rings. The summed E-state index contributed by atoms with van der Waals surface area (Å²) in [7, 11) is 0. The number of allylic oxidation sites excluding steroid dienone is 2. The smallest absolute Gasteiger partial charge is 0.144 e. The Labute approximate surface area is 59.2 Å². The molecule has 1 aliphatic carbocycles. The first-order chi connectivity index (χ1) is 4.75. The highest BCUT2D eigenvalue weighted by atomic mass is 17.1. The molecule has 10 heavy (non-hydrogen) atoms. The zero-order valence-electron chi connectivity index (χ0n) is 5.65. The Morgan fingerprint density at radius 1 is 1.70 bits per heavy atom. The van der Waals surface area contributed by atoms with Crippen LogP contribution in [0, 0.1) is 0 Å². The molecule has 55 valence electrons. The van der Waals surface area contributed by atoms with Crippen molar-refractivity contribution in [3.8, 4) is 0 Å². The van der Waals surface area contributed by atoms with Gasteiger partial charge >= 0.3 is 0 Å². The van der Waals surface area contributed by atoms with Gasteiger partial charge in [-0.25, -0.2) is 0 Å². The van der Waals surface area contributed by atoms with E-state index in [1.807, 2.05) is 0 Å². The van der Waals surface area contributed by atoms with E-state index in [0.717, 1.165) is 5.57 Å². The molecule has 1 aliphatic rings. The quantitative estimate of drug-likeness (QED) is 0.429. The van der Waals surface area contributed by atoms with Crippen LogP contribution in [0.4, 0.5) is 0 Å². The van der Waals surface area contributed by atoms with Crippen LogP contribution in [-0.4, -0.2) is 17.3 Å². The summed E-state index contributed by atoms with van der Waals surface area (Å²) >= 11 is 0. The van der Waals surface area contributed by atoms with Gasteiger partial charge in [-0.2, -0.15) is 4.89 Å². The van der Waals surface area contributed by atoms with Gasteiger partial charge in [-0.1, -0.05) is 12.2 Å². The molecule has 3 heteroatoms. The van der Waals surface area contributed by atoms with Crippen LogP contribution in [0.1, 0.15) is 6.92 Å². The summed E-state index contributed by atoms with van der Waals surface area (Å²) in [4.78, 5) is 3.75. The molecular weight excluding hydrogens is 132 g/mol. The van der Waals surface area contributed by atoms with E-state index in [0.29, 0.717) is 0 Å². The number of aliphatic hydroxyl groups is 1. The predicted molar refractivity (Wildman–Crippen MR) is 34.5 cm³/mol. The van der Waals surface area contributed by atoms with Crippen LogP contribution in [0.15, 0.2) is 23.8 Å². The summed E-state index contributed by atoms with van der Waals surface area (Å²) < 4.78 is 0. The number of rotatable bonds is 1. The minimum absolute atomic E-state index is 0.718. The molecule has 1 radical (unpaired) electrons. The van der Waals surface area contributed by atoms with Gasteiger partial charge in [-0.3, -0.25) is 0 Å². The fourth-order valence-corrected chi connectivity index (χ4v) is 0.864. The van der Waals surface area contributed by atoms with Gasteiger partial charge in [0, 0.05) is 0 Å². The topological polar surface area (TPSA) is 49.4 Å². The van der Waals surface area contributed by atoms with Crippen molar-refractivity contribution < 1.29 is 15.3 Å². The Hall–Kier alpha value is -0.640. The summed E-state index contributed by atoms with van der Waals surface area (Å²) in [5.41, 5.74) is 0.753. The molecule has 0 amide bonds. The van der Waals surface area contributed by atoms with Gasteiger partial charge in [0.1, 0.15) is 12.2 Å². The van der Waals surface area contributed by atoms with E-state index in [-0.39, 0.29) is 0 Å². The zero-order chi connectivity index (χ0) is 7.56. The molecule has 3 nitrogen and oxygen atoms in total. The average Bonchev–Trinajstić information content (AvgIpc) is 1.95. The Kier molecular flexibility index (Phi) is 2.21. The third kappa shape index (κ3) is 1.26.